The van der Waals surface area contributed by atoms with Gasteiger partial charge in [-0.2, -0.15) is 0 Å². The molecule has 1 atom stereocenters. The van der Waals surface area contributed by atoms with Crippen LogP contribution in [0.2, 0.25) is 0 Å². The zero-order chi connectivity index (χ0) is 9.10. The number of hydrogen-bond acceptors (Lipinski definition) is 3. The Bertz CT molecular complexity index is 243. The highest BCUT2D eigenvalue weighted by Crippen LogP contribution is 2.31. The van der Waals surface area contributed by atoms with Gasteiger partial charge < -0.3 is 10.5 Å². The third kappa shape index (κ3) is 2.53. The van der Waals surface area contributed by atoms with Gasteiger partial charge in [0.25, 0.3) is 0 Å². The first-order valence-corrected chi connectivity index (χ1v) is 5.63. The fourth-order valence-corrected chi connectivity index (χ4v) is 2.07. The van der Waals surface area contributed by atoms with Crippen LogP contribution in [0.3, 0.4) is 0 Å². The van der Waals surface area contributed by atoms with Crippen molar-refractivity contribution in [3.05, 3.63) is 22.4 Å². The van der Waals surface area contributed by atoms with Crippen LogP contribution in [0.15, 0.2) is 17.5 Å². The van der Waals surface area contributed by atoms with E-state index in [1.807, 2.05) is 6.07 Å². The van der Waals surface area contributed by atoms with Gasteiger partial charge in [-0.3, -0.25) is 0 Å². The first-order valence-electron chi connectivity index (χ1n) is 4.75. The van der Waals surface area contributed by atoms with Gasteiger partial charge in [-0.05, 0) is 30.2 Å². The van der Waals surface area contributed by atoms with Crippen LogP contribution in [0.5, 0.6) is 0 Å². The molecule has 0 spiro atoms. The molecular weight excluding hydrogens is 182 g/mol. The van der Waals surface area contributed by atoms with Crippen LogP contribution in [-0.4, -0.2) is 13.2 Å². The number of rotatable bonds is 5. The second-order valence-electron chi connectivity index (χ2n) is 3.52. The fourth-order valence-electron chi connectivity index (χ4n) is 1.28. The zero-order valence-corrected chi connectivity index (χ0v) is 8.43. The first-order chi connectivity index (χ1) is 6.40. The Labute approximate surface area is 82.7 Å². The van der Waals surface area contributed by atoms with E-state index >= 15 is 0 Å². The molecule has 0 amide bonds. The minimum absolute atomic E-state index is 0.126. The molecule has 0 saturated heterocycles. The summed E-state index contributed by atoms with van der Waals surface area (Å²) >= 11 is 1.72. The highest BCUT2D eigenvalue weighted by atomic mass is 32.1. The molecule has 0 radical (unpaired) electrons. The highest BCUT2D eigenvalue weighted by Gasteiger charge is 2.23. The molecular formula is C10H15NOS. The molecule has 0 bridgehead atoms. The van der Waals surface area contributed by atoms with Gasteiger partial charge in [0.1, 0.15) is 6.10 Å². The molecule has 3 heteroatoms. The Kier molecular flexibility index (Phi) is 2.98. The van der Waals surface area contributed by atoms with E-state index < -0.39 is 0 Å². The maximum atomic E-state index is 5.74. The van der Waals surface area contributed by atoms with Crippen molar-refractivity contribution in [3.8, 4) is 0 Å². The van der Waals surface area contributed by atoms with E-state index in [2.05, 4.69) is 11.4 Å². The Balaban J connectivity index is 1.85. The minimum atomic E-state index is 0.126. The number of thiophene rings is 1. The van der Waals surface area contributed by atoms with Gasteiger partial charge in [0.2, 0.25) is 0 Å². The molecule has 1 aliphatic rings. The largest absolute Gasteiger partial charge is 0.371 e. The molecule has 1 heterocycles. The van der Waals surface area contributed by atoms with E-state index in [0.717, 1.165) is 12.5 Å². The molecule has 1 saturated carbocycles. The lowest BCUT2D eigenvalue weighted by Crippen LogP contribution is -2.15. The summed E-state index contributed by atoms with van der Waals surface area (Å²) in [6.45, 7) is 1.48. The SMILES string of the molecule is NCC(OCC1CC1)c1cccs1. The molecule has 13 heavy (non-hydrogen) atoms. The minimum Gasteiger partial charge on any atom is -0.371 e. The summed E-state index contributed by atoms with van der Waals surface area (Å²) in [4.78, 5) is 1.25. The lowest BCUT2D eigenvalue weighted by Gasteiger charge is -2.13. The van der Waals surface area contributed by atoms with Crippen LogP contribution >= 0.6 is 11.3 Å². The summed E-state index contributed by atoms with van der Waals surface area (Å²) in [5.41, 5.74) is 5.65. The monoisotopic (exact) mass is 197 g/mol. The molecule has 1 aliphatic carbocycles. The quantitative estimate of drug-likeness (QED) is 0.785. The summed E-state index contributed by atoms with van der Waals surface area (Å²) in [6, 6.07) is 4.14. The van der Waals surface area contributed by atoms with Crippen LogP contribution in [-0.2, 0) is 4.74 Å². The van der Waals surface area contributed by atoms with E-state index in [1.54, 1.807) is 11.3 Å². The Morgan fingerprint density at radius 1 is 1.62 bits per heavy atom. The molecule has 2 rings (SSSR count). The summed E-state index contributed by atoms with van der Waals surface area (Å²) in [5, 5.41) is 2.07. The van der Waals surface area contributed by atoms with E-state index in [1.165, 1.54) is 17.7 Å². The van der Waals surface area contributed by atoms with Crippen LogP contribution in [0.1, 0.15) is 23.8 Å². The normalized spacial score (nSPS) is 18.8. The third-order valence-corrected chi connectivity index (χ3v) is 3.27. The van der Waals surface area contributed by atoms with Crippen LogP contribution < -0.4 is 5.73 Å². The average molecular weight is 197 g/mol. The molecule has 1 fully saturated rings. The molecule has 1 aromatic heterocycles. The van der Waals surface area contributed by atoms with Crippen molar-refractivity contribution in [2.45, 2.75) is 18.9 Å². The van der Waals surface area contributed by atoms with Crippen molar-refractivity contribution in [3.63, 3.8) is 0 Å². The van der Waals surface area contributed by atoms with Crippen molar-refractivity contribution < 1.29 is 4.74 Å². The first kappa shape index (κ1) is 9.19. The maximum Gasteiger partial charge on any atom is 0.104 e. The van der Waals surface area contributed by atoms with Gasteiger partial charge in [0, 0.05) is 11.4 Å². The predicted molar refractivity (Wildman–Crippen MR) is 54.8 cm³/mol. The molecule has 72 valence electrons. The van der Waals surface area contributed by atoms with Crippen molar-refractivity contribution in [1.82, 2.24) is 0 Å². The summed E-state index contributed by atoms with van der Waals surface area (Å²) in [7, 11) is 0. The Morgan fingerprint density at radius 2 is 2.46 bits per heavy atom. The standard InChI is InChI=1S/C10H15NOS/c11-6-9(10-2-1-5-13-10)12-7-8-3-4-8/h1-2,5,8-9H,3-4,6-7,11H2. The van der Waals surface area contributed by atoms with E-state index in [4.69, 9.17) is 10.5 Å². The lowest BCUT2D eigenvalue weighted by molar-refractivity contribution is 0.0534. The van der Waals surface area contributed by atoms with Crippen molar-refractivity contribution in [1.29, 1.82) is 0 Å². The lowest BCUT2D eigenvalue weighted by atomic mass is 10.3. The van der Waals surface area contributed by atoms with Gasteiger partial charge in [0.15, 0.2) is 0 Å². The number of ether oxygens (including phenoxy) is 1. The average Bonchev–Trinajstić information content (AvgIpc) is 2.81. The summed E-state index contributed by atoms with van der Waals surface area (Å²) in [6.07, 6.45) is 2.80. The number of nitrogens with two attached hydrogens (primary N) is 1. The molecule has 0 aliphatic heterocycles. The molecule has 1 unspecified atom stereocenters. The van der Waals surface area contributed by atoms with E-state index in [9.17, 15) is 0 Å². The second-order valence-corrected chi connectivity index (χ2v) is 4.50. The molecule has 0 aromatic carbocycles. The highest BCUT2D eigenvalue weighted by molar-refractivity contribution is 7.10. The van der Waals surface area contributed by atoms with Crippen LogP contribution in [0.4, 0.5) is 0 Å². The van der Waals surface area contributed by atoms with Crippen LogP contribution in [0, 0.1) is 5.92 Å². The smallest absolute Gasteiger partial charge is 0.104 e. The summed E-state index contributed by atoms with van der Waals surface area (Å²) < 4.78 is 5.74. The van der Waals surface area contributed by atoms with Crippen molar-refractivity contribution in [2.24, 2.45) is 11.7 Å². The maximum absolute atomic E-state index is 5.74. The molecule has 1 aromatic rings. The number of hydrogen-bond donors (Lipinski definition) is 1. The van der Waals surface area contributed by atoms with Gasteiger partial charge >= 0.3 is 0 Å². The van der Waals surface area contributed by atoms with Crippen LogP contribution in [0.25, 0.3) is 0 Å². The molecule has 2 nitrogen and oxygen atoms in total. The van der Waals surface area contributed by atoms with E-state index in [0.29, 0.717) is 6.54 Å². The summed E-state index contributed by atoms with van der Waals surface area (Å²) in [5.74, 6) is 0.814. The predicted octanol–water partition coefficient (Wildman–Crippen LogP) is 2.17. The zero-order valence-electron chi connectivity index (χ0n) is 7.61. The third-order valence-electron chi connectivity index (χ3n) is 2.30. The van der Waals surface area contributed by atoms with Crippen molar-refractivity contribution in [2.75, 3.05) is 13.2 Å². The van der Waals surface area contributed by atoms with Gasteiger partial charge in [-0.15, -0.1) is 11.3 Å². The molecule has 2 N–H and O–H groups in total. The van der Waals surface area contributed by atoms with Gasteiger partial charge in [-0.25, -0.2) is 0 Å². The Morgan fingerprint density at radius 3 is 3.00 bits per heavy atom. The van der Waals surface area contributed by atoms with E-state index in [-0.39, 0.29) is 6.10 Å². The second kappa shape index (κ2) is 4.22. The van der Waals surface area contributed by atoms with Crippen molar-refractivity contribution >= 4 is 11.3 Å². The van der Waals surface area contributed by atoms with Gasteiger partial charge in [0.05, 0.1) is 6.61 Å². The topological polar surface area (TPSA) is 35.2 Å². The fraction of sp³-hybridized carbons (Fsp3) is 0.600. The van der Waals surface area contributed by atoms with Gasteiger partial charge in [-0.1, -0.05) is 6.07 Å². The Hall–Kier alpha value is -0.380.